The molecule has 1 amide bonds. The van der Waals surface area contributed by atoms with Crippen LogP contribution in [0.2, 0.25) is 0 Å². The number of hydrogen-bond acceptors (Lipinski definition) is 4. The van der Waals surface area contributed by atoms with Crippen LogP contribution in [-0.2, 0) is 0 Å². The fourth-order valence-electron chi connectivity index (χ4n) is 2.40. The molecule has 6 heteroatoms. The number of amides is 1. The number of H-pyrrole nitrogens is 1. The molecule has 0 saturated carbocycles. The van der Waals surface area contributed by atoms with Crippen LogP contribution >= 0.6 is 0 Å². The third kappa shape index (κ3) is 1.41. The van der Waals surface area contributed by atoms with Crippen LogP contribution in [0.3, 0.4) is 0 Å². The average Bonchev–Trinajstić information content (AvgIpc) is 2.85. The lowest BCUT2D eigenvalue weighted by molar-refractivity contribution is 0.0975. The van der Waals surface area contributed by atoms with E-state index in [2.05, 4.69) is 4.98 Å². The second kappa shape index (κ2) is 4.06. The highest BCUT2D eigenvalue weighted by Crippen LogP contribution is 2.35. The van der Waals surface area contributed by atoms with Gasteiger partial charge in [0.25, 0.3) is 5.91 Å². The van der Waals surface area contributed by atoms with Crippen molar-refractivity contribution >= 4 is 17.5 Å². The number of hydrogen-bond donors (Lipinski definition) is 2. The summed E-state index contributed by atoms with van der Waals surface area (Å²) >= 11 is 0. The van der Waals surface area contributed by atoms with Crippen LogP contribution in [0.5, 0.6) is 5.75 Å². The Labute approximate surface area is 113 Å². The quantitative estimate of drug-likeness (QED) is 0.722. The van der Waals surface area contributed by atoms with E-state index in [-0.39, 0.29) is 34.3 Å². The Bertz CT molecular complexity index is 773. The smallest absolute Gasteiger partial charge is 0.269 e. The van der Waals surface area contributed by atoms with Gasteiger partial charge in [-0.15, -0.1) is 0 Å². The monoisotopic (exact) mass is 270 g/mol. The molecule has 0 atom stereocenters. The molecule has 0 spiro atoms. The number of ketones is 2. The van der Waals surface area contributed by atoms with E-state index < -0.39 is 5.91 Å². The number of fused-ring (bicyclic) bond motifs is 2. The van der Waals surface area contributed by atoms with Gasteiger partial charge in [-0.1, -0.05) is 24.3 Å². The van der Waals surface area contributed by atoms with Gasteiger partial charge in [0.05, 0.1) is 12.7 Å². The Kier molecular flexibility index (Phi) is 2.47. The fraction of sp³-hybridized carbons (Fsp3) is 0.0714. The van der Waals surface area contributed by atoms with Crippen molar-refractivity contribution in [3.8, 4) is 5.75 Å². The maximum atomic E-state index is 12.5. The minimum Gasteiger partial charge on any atom is -0.493 e. The Morgan fingerprint density at radius 3 is 2.30 bits per heavy atom. The molecule has 0 bridgehead atoms. The lowest BCUT2D eigenvalue weighted by Gasteiger charge is -2.14. The van der Waals surface area contributed by atoms with E-state index in [0.29, 0.717) is 11.1 Å². The molecule has 0 aliphatic heterocycles. The number of methoxy groups -OCH3 is 1. The van der Waals surface area contributed by atoms with Gasteiger partial charge in [-0.2, -0.15) is 0 Å². The second-order valence-corrected chi connectivity index (χ2v) is 4.35. The van der Waals surface area contributed by atoms with Gasteiger partial charge in [0.1, 0.15) is 11.4 Å². The number of nitrogens with two attached hydrogens (primary N) is 1. The van der Waals surface area contributed by atoms with Gasteiger partial charge in [0, 0.05) is 11.1 Å². The molecular formula is C14H10N2O4. The Morgan fingerprint density at radius 1 is 1.15 bits per heavy atom. The van der Waals surface area contributed by atoms with Gasteiger partial charge in [0.15, 0.2) is 11.5 Å². The van der Waals surface area contributed by atoms with Gasteiger partial charge < -0.3 is 15.5 Å². The summed E-state index contributed by atoms with van der Waals surface area (Å²) in [6.45, 7) is 0. The Morgan fingerprint density at radius 2 is 1.75 bits per heavy atom. The molecule has 3 rings (SSSR count). The number of nitrogens with one attached hydrogen (secondary N) is 1. The minimum absolute atomic E-state index is 0.0142. The number of carbonyl (C=O) groups is 3. The fourth-order valence-corrected chi connectivity index (χ4v) is 2.40. The van der Waals surface area contributed by atoms with Crippen LogP contribution in [0.25, 0.3) is 0 Å². The highest BCUT2D eigenvalue weighted by Gasteiger charge is 2.36. The van der Waals surface area contributed by atoms with E-state index >= 15 is 0 Å². The predicted octanol–water partition coefficient (Wildman–Crippen LogP) is 0.898. The number of ether oxygens (including phenoxy) is 1. The van der Waals surface area contributed by atoms with Crippen LogP contribution in [0.4, 0.5) is 0 Å². The highest BCUT2D eigenvalue weighted by molar-refractivity contribution is 6.29. The van der Waals surface area contributed by atoms with Gasteiger partial charge >= 0.3 is 0 Å². The summed E-state index contributed by atoms with van der Waals surface area (Å²) in [5, 5.41) is 0. The lowest BCUT2D eigenvalue weighted by atomic mass is 9.88. The number of aromatic amines is 1. The minimum atomic E-state index is -0.791. The van der Waals surface area contributed by atoms with E-state index in [1.807, 2.05) is 0 Å². The summed E-state index contributed by atoms with van der Waals surface area (Å²) in [4.78, 5) is 38.8. The molecule has 1 aliphatic rings. The summed E-state index contributed by atoms with van der Waals surface area (Å²) in [5.41, 5.74) is 5.84. The maximum absolute atomic E-state index is 12.5. The topological polar surface area (TPSA) is 102 Å². The van der Waals surface area contributed by atoms with Gasteiger partial charge in [0.2, 0.25) is 5.78 Å². The van der Waals surface area contributed by atoms with E-state index in [1.54, 1.807) is 24.3 Å². The number of rotatable bonds is 2. The molecule has 1 aromatic carbocycles. The number of primary amides is 1. The van der Waals surface area contributed by atoms with Gasteiger partial charge in [-0.05, 0) is 0 Å². The normalized spacial score (nSPS) is 12.8. The highest BCUT2D eigenvalue weighted by atomic mass is 16.5. The number of aromatic nitrogens is 1. The largest absolute Gasteiger partial charge is 0.493 e. The van der Waals surface area contributed by atoms with E-state index in [4.69, 9.17) is 10.5 Å². The summed E-state index contributed by atoms with van der Waals surface area (Å²) in [6, 6.07) is 6.47. The Balaban J connectivity index is 2.34. The van der Waals surface area contributed by atoms with Crippen molar-refractivity contribution in [2.45, 2.75) is 0 Å². The molecule has 0 radical (unpaired) electrons. The van der Waals surface area contributed by atoms with Crippen LogP contribution in [0.1, 0.15) is 42.5 Å². The zero-order valence-corrected chi connectivity index (χ0v) is 10.5. The van der Waals surface area contributed by atoms with Gasteiger partial charge in [-0.25, -0.2) is 0 Å². The molecule has 0 fully saturated rings. The summed E-state index contributed by atoms with van der Waals surface area (Å²) in [6.07, 6.45) is 0. The third-order valence-corrected chi connectivity index (χ3v) is 3.28. The predicted molar refractivity (Wildman–Crippen MR) is 69.2 cm³/mol. The first-order chi connectivity index (χ1) is 9.56. The van der Waals surface area contributed by atoms with Crippen molar-refractivity contribution in [2.24, 2.45) is 5.73 Å². The SMILES string of the molecule is COc1c(C(N)=O)[nH]c2c1C(=O)c1ccccc1C2=O. The third-order valence-electron chi connectivity index (χ3n) is 3.28. The second-order valence-electron chi connectivity index (χ2n) is 4.35. The van der Waals surface area contributed by atoms with Crippen molar-refractivity contribution in [1.82, 2.24) is 4.98 Å². The Hall–Kier alpha value is -2.89. The molecule has 3 N–H and O–H groups in total. The molecule has 1 aliphatic carbocycles. The van der Waals surface area contributed by atoms with Crippen molar-refractivity contribution < 1.29 is 19.1 Å². The van der Waals surface area contributed by atoms with Crippen molar-refractivity contribution in [2.75, 3.05) is 7.11 Å². The molecule has 0 unspecified atom stereocenters. The molecule has 20 heavy (non-hydrogen) atoms. The zero-order chi connectivity index (χ0) is 14.4. The molecule has 0 saturated heterocycles. The maximum Gasteiger partial charge on any atom is 0.269 e. The summed E-state index contributed by atoms with van der Waals surface area (Å²) < 4.78 is 5.07. The van der Waals surface area contributed by atoms with Crippen molar-refractivity contribution in [3.05, 3.63) is 52.3 Å². The molecule has 1 heterocycles. The van der Waals surface area contributed by atoms with Gasteiger partial charge in [-0.3, -0.25) is 14.4 Å². The first kappa shape index (κ1) is 12.2. The number of benzene rings is 1. The first-order valence-electron chi connectivity index (χ1n) is 5.84. The van der Waals surface area contributed by atoms with Crippen LogP contribution in [-0.4, -0.2) is 29.6 Å². The van der Waals surface area contributed by atoms with Crippen LogP contribution < -0.4 is 10.5 Å². The van der Waals surface area contributed by atoms with E-state index in [1.165, 1.54) is 7.11 Å². The van der Waals surface area contributed by atoms with Crippen molar-refractivity contribution in [1.29, 1.82) is 0 Å². The zero-order valence-electron chi connectivity index (χ0n) is 10.5. The molecule has 6 nitrogen and oxygen atoms in total. The molecule has 1 aromatic heterocycles. The van der Waals surface area contributed by atoms with Crippen molar-refractivity contribution in [3.63, 3.8) is 0 Å². The lowest BCUT2D eigenvalue weighted by Crippen LogP contribution is -2.20. The number of carbonyl (C=O) groups excluding carboxylic acids is 3. The first-order valence-corrected chi connectivity index (χ1v) is 5.84. The summed E-state index contributed by atoms with van der Waals surface area (Å²) in [5.74, 6) is -1.50. The molecule has 100 valence electrons. The van der Waals surface area contributed by atoms with E-state index in [0.717, 1.165) is 0 Å². The molecular weight excluding hydrogens is 260 g/mol. The molecule has 2 aromatic rings. The van der Waals surface area contributed by atoms with Crippen LogP contribution in [0, 0.1) is 0 Å². The standard InChI is InChI=1S/C14H10N2O4/c1-20-13-8-9(16-10(13)14(15)19)12(18)7-5-3-2-4-6(7)11(8)17/h2-5,16H,1H3,(H2,15,19). The van der Waals surface area contributed by atoms with Crippen LogP contribution in [0.15, 0.2) is 24.3 Å². The summed E-state index contributed by atoms with van der Waals surface area (Å²) in [7, 11) is 1.31. The average molecular weight is 270 g/mol. The van der Waals surface area contributed by atoms with E-state index in [9.17, 15) is 14.4 Å².